The lowest BCUT2D eigenvalue weighted by Gasteiger charge is -2.31. The summed E-state index contributed by atoms with van der Waals surface area (Å²) < 4.78 is 0.807. The van der Waals surface area contributed by atoms with Crippen LogP contribution in [0.15, 0.2) is 22.7 Å². The van der Waals surface area contributed by atoms with E-state index in [0.29, 0.717) is 18.5 Å². The van der Waals surface area contributed by atoms with Crippen LogP contribution < -0.4 is 5.32 Å². The lowest BCUT2D eigenvalue weighted by Crippen LogP contribution is -2.39. The molecule has 0 heterocycles. The fourth-order valence-electron chi connectivity index (χ4n) is 2.76. The Kier molecular flexibility index (Phi) is 5.57. The van der Waals surface area contributed by atoms with Gasteiger partial charge < -0.3 is 15.5 Å². The number of hydrogen-bond donors (Lipinski definition) is 3. The van der Waals surface area contributed by atoms with Gasteiger partial charge in [0.25, 0.3) is 0 Å². The highest BCUT2D eigenvalue weighted by Crippen LogP contribution is 2.25. The van der Waals surface area contributed by atoms with Gasteiger partial charge in [0, 0.05) is 23.7 Å². The third-order valence-electron chi connectivity index (χ3n) is 4.00. The van der Waals surface area contributed by atoms with Crippen LogP contribution in [0.4, 0.5) is 0 Å². The zero-order chi connectivity index (χ0) is 14.5. The van der Waals surface area contributed by atoms with Gasteiger partial charge in [-0.3, -0.25) is 0 Å². The first-order valence-electron chi connectivity index (χ1n) is 6.97. The highest BCUT2D eigenvalue weighted by molar-refractivity contribution is 9.10. The summed E-state index contributed by atoms with van der Waals surface area (Å²) >= 11 is 3.42. The Morgan fingerprint density at radius 1 is 1.35 bits per heavy atom. The molecule has 5 heteroatoms. The maximum atomic E-state index is 10.9. The molecule has 0 bridgehead atoms. The van der Waals surface area contributed by atoms with E-state index in [2.05, 4.69) is 21.2 Å². The van der Waals surface area contributed by atoms with Crippen LogP contribution in [-0.4, -0.2) is 28.8 Å². The Balaban J connectivity index is 1.98. The normalized spacial score (nSPS) is 22.7. The van der Waals surface area contributed by atoms with E-state index in [0.717, 1.165) is 22.9 Å². The molecule has 1 aromatic carbocycles. The van der Waals surface area contributed by atoms with E-state index < -0.39 is 5.97 Å². The summed E-state index contributed by atoms with van der Waals surface area (Å²) in [5.74, 6) is -0.585. The first kappa shape index (κ1) is 15.5. The predicted octanol–water partition coefficient (Wildman–Crippen LogP) is 2.79. The predicted molar refractivity (Wildman–Crippen MR) is 80.8 cm³/mol. The number of carbonyl (C=O) groups is 1. The van der Waals surface area contributed by atoms with Crippen molar-refractivity contribution in [3.63, 3.8) is 0 Å². The number of benzene rings is 1. The van der Waals surface area contributed by atoms with Gasteiger partial charge in [0.1, 0.15) is 0 Å². The van der Waals surface area contributed by atoms with Crippen LogP contribution in [0.3, 0.4) is 0 Å². The van der Waals surface area contributed by atoms with Gasteiger partial charge in [-0.25, -0.2) is 4.79 Å². The first-order chi connectivity index (χ1) is 9.61. The highest BCUT2D eigenvalue weighted by atomic mass is 79.9. The third-order valence-corrected chi connectivity index (χ3v) is 4.74. The number of halogens is 1. The zero-order valence-electron chi connectivity index (χ0n) is 11.3. The van der Waals surface area contributed by atoms with E-state index in [9.17, 15) is 9.90 Å². The standard InChI is InChI=1S/C15H20BrNO3/c16-13-7-10(15(19)20)5-6-11(13)8-17-14-4-2-1-3-12(14)9-18/h5-7,12,14,17-18H,1-4,8-9H2,(H,19,20). The Labute approximate surface area is 127 Å². The Morgan fingerprint density at radius 3 is 2.75 bits per heavy atom. The van der Waals surface area contributed by atoms with Gasteiger partial charge in [0.15, 0.2) is 0 Å². The summed E-state index contributed by atoms with van der Waals surface area (Å²) in [5, 5.41) is 21.8. The molecule has 0 aromatic heterocycles. The van der Waals surface area contributed by atoms with E-state index >= 15 is 0 Å². The number of carboxylic acids is 1. The lowest BCUT2D eigenvalue weighted by atomic mass is 9.85. The number of nitrogens with one attached hydrogen (secondary N) is 1. The molecule has 3 N–H and O–H groups in total. The van der Waals surface area contributed by atoms with Crippen molar-refractivity contribution in [2.24, 2.45) is 5.92 Å². The van der Waals surface area contributed by atoms with Crippen LogP contribution in [0.25, 0.3) is 0 Å². The van der Waals surface area contributed by atoms with Crippen LogP contribution >= 0.6 is 15.9 Å². The smallest absolute Gasteiger partial charge is 0.335 e. The molecule has 1 aliphatic rings. The maximum Gasteiger partial charge on any atom is 0.335 e. The van der Waals surface area contributed by atoms with Crippen molar-refractivity contribution in [3.8, 4) is 0 Å². The molecule has 1 fully saturated rings. The molecule has 2 rings (SSSR count). The summed E-state index contributed by atoms with van der Waals surface area (Å²) in [4.78, 5) is 10.9. The number of carboxylic acid groups (broad SMARTS) is 1. The minimum absolute atomic E-state index is 0.233. The number of aliphatic hydroxyl groups is 1. The fourth-order valence-corrected chi connectivity index (χ4v) is 3.28. The second kappa shape index (κ2) is 7.20. The summed E-state index contributed by atoms with van der Waals surface area (Å²) in [6.07, 6.45) is 4.57. The van der Waals surface area contributed by atoms with Gasteiger partial charge >= 0.3 is 5.97 Å². The Hall–Kier alpha value is -0.910. The lowest BCUT2D eigenvalue weighted by molar-refractivity contribution is 0.0696. The minimum Gasteiger partial charge on any atom is -0.478 e. The number of hydrogen-bond acceptors (Lipinski definition) is 3. The molecule has 2 atom stereocenters. The molecule has 1 aliphatic carbocycles. The van der Waals surface area contributed by atoms with Crippen LogP contribution in [-0.2, 0) is 6.54 Å². The third kappa shape index (κ3) is 3.81. The van der Waals surface area contributed by atoms with Gasteiger partial charge in [-0.15, -0.1) is 0 Å². The molecule has 20 heavy (non-hydrogen) atoms. The van der Waals surface area contributed by atoms with Crippen molar-refractivity contribution in [1.82, 2.24) is 5.32 Å². The van der Waals surface area contributed by atoms with Crippen LogP contribution in [0.2, 0.25) is 0 Å². The van der Waals surface area contributed by atoms with E-state index in [1.807, 2.05) is 6.07 Å². The molecular weight excluding hydrogens is 322 g/mol. The van der Waals surface area contributed by atoms with Crippen molar-refractivity contribution in [3.05, 3.63) is 33.8 Å². The largest absolute Gasteiger partial charge is 0.478 e. The van der Waals surface area contributed by atoms with Crippen molar-refractivity contribution < 1.29 is 15.0 Å². The molecule has 0 radical (unpaired) electrons. The number of aromatic carboxylic acids is 1. The summed E-state index contributed by atoms with van der Waals surface area (Å²) in [6.45, 7) is 0.915. The van der Waals surface area contributed by atoms with Crippen LogP contribution in [0.5, 0.6) is 0 Å². The van der Waals surface area contributed by atoms with Gasteiger partial charge in [-0.1, -0.05) is 34.8 Å². The van der Waals surface area contributed by atoms with Gasteiger partial charge in [-0.05, 0) is 36.5 Å². The van der Waals surface area contributed by atoms with Crippen LogP contribution in [0.1, 0.15) is 41.6 Å². The Bertz CT molecular complexity index is 478. The number of aliphatic hydroxyl groups excluding tert-OH is 1. The van der Waals surface area contributed by atoms with E-state index in [1.165, 1.54) is 12.8 Å². The van der Waals surface area contributed by atoms with E-state index in [-0.39, 0.29) is 12.2 Å². The molecular formula is C15H20BrNO3. The van der Waals surface area contributed by atoms with E-state index in [1.54, 1.807) is 12.1 Å². The van der Waals surface area contributed by atoms with Crippen molar-refractivity contribution >= 4 is 21.9 Å². The molecule has 110 valence electrons. The zero-order valence-corrected chi connectivity index (χ0v) is 12.9. The summed E-state index contributed by atoms with van der Waals surface area (Å²) in [5.41, 5.74) is 1.32. The van der Waals surface area contributed by atoms with Crippen molar-refractivity contribution in [2.75, 3.05) is 6.61 Å². The SMILES string of the molecule is O=C(O)c1ccc(CNC2CCCCC2CO)c(Br)c1. The fraction of sp³-hybridized carbons (Fsp3) is 0.533. The number of rotatable bonds is 5. The van der Waals surface area contributed by atoms with E-state index in [4.69, 9.17) is 5.11 Å². The monoisotopic (exact) mass is 341 g/mol. The highest BCUT2D eigenvalue weighted by Gasteiger charge is 2.23. The van der Waals surface area contributed by atoms with Gasteiger partial charge in [0.05, 0.1) is 5.56 Å². The van der Waals surface area contributed by atoms with Crippen molar-refractivity contribution in [2.45, 2.75) is 38.3 Å². The molecule has 0 spiro atoms. The molecule has 0 amide bonds. The van der Waals surface area contributed by atoms with Gasteiger partial charge in [0.2, 0.25) is 0 Å². The Morgan fingerprint density at radius 2 is 2.10 bits per heavy atom. The summed E-state index contributed by atoms with van der Waals surface area (Å²) in [6, 6.07) is 5.43. The van der Waals surface area contributed by atoms with Crippen molar-refractivity contribution in [1.29, 1.82) is 0 Å². The molecule has 0 aliphatic heterocycles. The average molecular weight is 342 g/mol. The second-order valence-corrected chi connectivity index (χ2v) is 6.18. The average Bonchev–Trinajstić information content (AvgIpc) is 2.46. The second-order valence-electron chi connectivity index (χ2n) is 5.33. The van der Waals surface area contributed by atoms with Crippen LogP contribution in [0, 0.1) is 5.92 Å². The maximum absolute atomic E-state index is 10.9. The first-order valence-corrected chi connectivity index (χ1v) is 7.77. The molecule has 2 unspecified atom stereocenters. The molecule has 4 nitrogen and oxygen atoms in total. The molecule has 1 aromatic rings. The topological polar surface area (TPSA) is 69.6 Å². The minimum atomic E-state index is -0.919. The van der Waals surface area contributed by atoms with Gasteiger partial charge in [-0.2, -0.15) is 0 Å². The molecule has 0 saturated heterocycles. The molecule has 1 saturated carbocycles. The quantitative estimate of drug-likeness (QED) is 0.770. The summed E-state index contributed by atoms with van der Waals surface area (Å²) in [7, 11) is 0.